The number of likely N-dealkylation sites (N-methyl/N-ethyl adjacent to an activating group) is 1. The third-order valence-electron chi connectivity index (χ3n) is 3.71. The molecule has 1 aliphatic heterocycles. The van der Waals surface area contributed by atoms with Crippen LogP contribution in [0.3, 0.4) is 0 Å². The Bertz CT molecular complexity index is 558. The highest BCUT2D eigenvalue weighted by atomic mass is 32.2. The van der Waals surface area contributed by atoms with Gasteiger partial charge in [0.05, 0.1) is 4.90 Å². The first-order chi connectivity index (χ1) is 9.54. The van der Waals surface area contributed by atoms with Crippen molar-refractivity contribution in [1.29, 1.82) is 0 Å². The van der Waals surface area contributed by atoms with Crippen LogP contribution in [0.5, 0.6) is 0 Å². The summed E-state index contributed by atoms with van der Waals surface area (Å²) < 4.78 is 27.5. The SMILES string of the molecule is CCN(C)CCNS(=O)(=O)c1cccc2c1CCNC2. The van der Waals surface area contributed by atoms with E-state index in [1.165, 1.54) is 0 Å². The summed E-state index contributed by atoms with van der Waals surface area (Å²) in [6.45, 7) is 5.69. The molecule has 0 aliphatic carbocycles. The van der Waals surface area contributed by atoms with E-state index in [0.29, 0.717) is 18.0 Å². The molecule has 2 rings (SSSR count). The van der Waals surface area contributed by atoms with E-state index in [0.717, 1.165) is 37.2 Å². The fourth-order valence-corrected chi connectivity index (χ4v) is 3.69. The summed E-state index contributed by atoms with van der Waals surface area (Å²) in [5.74, 6) is 0. The van der Waals surface area contributed by atoms with Gasteiger partial charge >= 0.3 is 0 Å². The maximum atomic E-state index is 12.4. The highest BCUT2D eigenvalue weighted by Gasteiger charge is 2.21. The van der Waals surface area contributed by atoms with E-state index in [-0.39, 0.29) is 0 Å². The van der Waals surface area contributed by atoms with Gasteiger partial charge in [-0.05, 0) is 43.8 Å². The van der Waals surface area contributed by atoms with Crippen molar-refractivity contribution in [2.45, 2.75) is 24.8 Å². The van der Waals surface area contributed by atoms with Crippen molar-refractivity contribution < 1.29 is 8.42 Å². The predicted molar refractivity (Wildman–Crippen MR) is 80.2 cm³/mol. The number of nitrogens with zero attached hydrogens (tertiary/aromatic N) is 1. The van der Waals surface area contributed by atoms with Gasteiger partial charge in [0.2, 0.25) is 10.0 Å². The molecule has 0 unspecified atom stereocenters. The lowest BCUT2D eigenvalue weighted by molar-refractivity contribution is 0.358. The average molecular weight is 297 g/mol. The second-order valence-corrected chi connectivity index (χ2v) is 6.85. The van der Waals surface area contributed by atoms with Crippen molar-refractivity contribution in [3.8, 4) is 0 Å². The van der Waals surface area contributed by atoms with Crippen LogP contribution in [0, 0.1) is 0 Å². The fourth-order valence-electron chi connectivity index (χ4n) is 2.36. The molecule has 2 N–H and O–H groups in total. The lowest BCUT2D eigenvalue weighted by Crippen LogP contribution is -2.34. The van der Waals surface area contributed by atoms with Gasteiger partial charge in [-0.1, -0.05) is 19.1 Å². The van der Waals surface area contributed by atoms with E-state index in [2.05, 4.69) is 21.9 Å². The summed E-state index contributed by atoms with van der Waals surface area (Å²) in [6.07, 6.45) is 0.765. The Kier molecular flexibility index (Phi) is 5.15. The average Bonchev–Trinajstić information content (AvgIpc) is 2.46. The minimum atomic E-state index is -3.41. The summed E-state index contributed by atoms with van der Waals surface area (Å²) in [4.78, 5) is 2.52. The summed E-state index contributed by atoms with van der Waals surface area (Å²) >= 11 is 0. The molecule has 0 radical (unpaired) electrons. The van der Waals surface area contributed by atoms with E-state index >= 15 is 0 Å². The van der Waals surface area contributed by atoms with Gasteiger partial charge in [0.25, 0.3) is 0 Å². The summed E-state index contributed by atoms with van der Waals surface area (Å²) in [5, 5.41) is 3.26. The van der Waals surface area contributed by atoms with Crippen molar-refractivity contribution >= 4 is 10.0 Å². The zero-order valence-electron chi connectivity index (χ0n) is 12.1. The van der Waals surface area contributed by atoms with E-state index < -0.39 is 10.0 Å². The normalized spacial score (nSPS) is 15.3. The molecule has 0 amide bonds. The van der Waals surface area contributed by atoms with Crippen LogP contribution in [0.4, 0.5) is 0 Å². The predicted octanol–water partition coefficient (Wildman–Crippen LogP) is 0.562. The fraction of sp³-hybridized carbons (Fsp3) is 0.571. The van der Waals surface area contributed by atoms with Crippen molar-refractivity contribution in [2.75, 3.05) is 33.2 Å². The number of hydrogen-bond acceptors (Lipinski definition) is 4. The van der Waals surface area contributed by atoms with Crippen LogP contribution in [0.2, 0.25) is 0 Å². The molecule has 1 aromatic rings. The van der Waals surface area contributed by atoms with Gasteiger partial charge in [-0.15, -0.1) is 0 Å². The van der Waals surface area contributed by atoms with Crippen LogP contribution in [0.1, 0.15) is 18.1 Å². The molecule has 0 fully saturated rings. The van der Waals surface area contributed by atoms with Crippen LogP contribution >= 0.6 is 0 Å². The minimum Gasteiger partial charge on any atom is -0.312 e. The molecule has 5 nitrogen and oxygen atoms in total. The molecular formula is C14H23N3O2S. The Hall–Kier alpha value is -0.950. The first kappa shape index (κ1) is 15.4. The highest BCUT2D eigenvalue weighted by molar-refractivity contribution is 7.89. The molecule has 0 aromatic heterocycles. The van der Waals surface area contributed by atoms with Crippen molar-refractivity contribution in [1.82, 2.24) is 14.9 Å². The van der Waals surface area contributed by atoms with E-state index in [4.69, 9.17) is 0 Å². The number of benzene rings is 1. The molecule has 6 heteroatoms. The molecule has 1 heterocycles. The maximum Gasteiger partial charge on any atom is 0.240 e. The third kappa shape index (κ3) is 3.58. The lowest BCUT2D eigenvalue weighted by Gasteiger charge is -2.21. The summed E-state index contributed by atoms with van der Waals surface area (Å²) in [5.41, 5.74) is 2.05. The van der Waals surface area contributed by atoms with Crippen molar-refractivity contribution in [3.63, 3.8) is 0 Å². The number of nitrogens with one attached hydrogen (secondary N) is 2. The largest absolute Gasteiger partial charge is 0.312 e. The smallest absolute Gasteiger partial charge is 0.240 e. The molecule has 0 atom stereocenters. The molecular weight excluding hydrogens is 274 g/mol. The number of fused-ring (bicyclic) bond motifs is 1. The monoisotopic (exact) mass is 297 g/mol. The van der Waals surface area contributed by atoms with Crippen LogP contribution < -0.4 is 10.0 Å². The van der Waals surface area contributed by atoms with Crippen LogP contribution in [0.15, 0.2) is 23.1 Å². The van der Waals surface area contributed by atoms with E-state index in [1.807, 2.05) is 19.2 Å². The second-order valence-electron chi connectivity index (χ2n) is 5.11. The zero-order valence-corrected chi connectivity index (χ0v) is 13.0. The Labute approximate surface area is 121 Å². The Balaban J connectivity index is 2.13. The van der Waals surface area contributed by atoms with Crippen LogP contribution in [0.25, 0.3) is 0 Å². The zero-order chi connectivity index (χ0) is 14.6. The van der Waals surface area contributed by atoms with E-state index in [9.17, 15) is 8.42 Å². The molecule has 0 spiro atoms. The number of sulfonamides is 1. The quantitative estimate of drug-likeness (QED) is 0.805. The van der Waals surface area contributed by atoms with Crippen LogP contribution in [-0.2, 0) is 23.0 Å². The van der Waals surface area contributed by atoms with Crippen LogP contribution in [-0.4, -0.2) is 46.5 Å². The van der Waals surface area contributed by atoms with Gasteiger partial charge in [-0.3, -0.25) is 0 Å². The van der Waals surface area contributed by atoms with Gasteiger partial charge in [-0.25, -0.2) is 13.1 Å². The number of hydrogen-bond donors (Lipinski definition) is 2. The van der Waals surface area contributed by atoms with Gasteiger partial charge in [0.1, 0.15) is 0 Å². The first-order valence-electron chi connectivity index (χ1n) is 7.04. The molecule has 1 aromatic carbocycles. The summed E-state index contributed by atoms with van der Waals surface area (Å²) in [6, 6.07) is 5.51. The molecule has 0 saturated heterocycles. The Morgan fingerprint density at radius 1 is 1.40 bits per heavy atom. The number of rotatable bonds is 6. The van der Waals surface area contributed by atoms with Crippen molar-refractivity contribution in [2.24, 2.45) is 0 Å². The first-order valence-corrected chi connectivity index (χ1v) is 8.52. The van der Waals surface area contributed by atoms with E-state index in [1.54, 1.807) is 6.07 Å². The van der Waals surface area contributed by atoms with Gasteiger partial charge < -0.3 is 10.2 Å². The molecule has 112 valence electrons. The standard InChI is InChI=1S/C14H23N3O2S/c1-3-17(2)10-9-16-20(18,19)14-6-4-5-12-11-15-8-7-13(12)14/h4-6,15-16H,3,7-11H2,1-2H3. The topological polar surface area (TPSA) is 61.4 Å². The van der Waals surface area contributed by atoms with Gasteiger partial charge in [0.15, 0.2) is 0 Å². The van der Waals surface area contributed by atoms with Crippen molar-refractivity contribution in [3.05, 3.63) is 29.3 Å². The maximum absolute atomic E-state index is 12.4. The Morgan fingerprint density at radius 2 is 2.20 bits per heavy atom. The van der Waals surface area contributed by atoms with Gasteiger partial charge in [0, 0.05) is 19.6 Å². The summed E-state index contributed by atoms with van der Waals surface area (Å²) in [7, 11) is -1.43. The molecule has 0 bridgehead atoms. The lowest BCUT2D eigenvalue weighted by atomic mass is 10.0. The van der Waals surface area contributed by atoms with Gasteiger partial charge in [-0.2, -0.15) is 0 Å². The molecule has 1 aliphatic rings. The highest BCUT2D eigenvalue weighted by Crippen LogP contribution is 2.22. The second kappa shape index (κ2) is 6.67. The molecule has 20 heavy (non-hydrogen) atoms. The minimum absolute atomic E-state index is 0.439. The molecule has 0 saturated carbocycles. The third-order valence-corrected chi connectivity index (χ3v) is 5.26. The Morgan fingerprint density at radius 3 is 2.95 bits per heavy atom.